The average molecular weight is 271 g/mol. The Morgan fingerprint density at radius 2 is 1.95 bits per heavy atom. The molecule has 19 heavy (non-hydrogen) atoms. The van der Waals surface area contributed by atoms with Crippen LogP contribution in [0.4, 0.5) is 0 Å². The lowest BCUT2D eigenvalue weighted by molar-refractivity contribution is -0.138. The predicted octanol–water partition coefficient (Wildman–Crippen LogP) is -1.72. The molecule has 0 spiro atoms. The van der Waals surface area contributed by atoms with Gasteiger partial charge in [-0.2, -0.15) is 0 Å². The molecular formula is C9H13N5O5. The van der Waals surface area contributed by atoms with E-state index < -0.39 is 24.4 Å². The molecule has 104 valence electrons. The van der Waals surface area contributed by atoms with E-state index in [4.69, 9.17) is 10.2 Å². The molecule has 10 heteroatoms. The van der Waals surface area contributed by atoms with Crippen molar-refractivity contribution in [3.8, 4) is 0 Å². The second-order valence-corrected chi connectivity index (χ2v) is 3.66. The van der Waals surface area contributed by atoms with Gasteiger partial charge in [-0.15, -0.1) is 5.10 Å². The third-order valence-electron chi connectivity index (χ3n) is 2.12. The molecule has 0 atom stereocenters. The molecule has 1 aromatic heterocycles. The summed E-state index contributed by atoms with van der Waals surface area (Å²) in [6.07, 6.45) is 0.155. The molecule has 0 bridgehead atoms. The zero-order chi connectivity index (χ0) is 14.3. The second kappa shape index (κ2) is 7.03. The molecule has 0 saturated carbocycles. The lowest BCUT2D eigenvalue weighted by Crippen LogP contribution is -2.31. The molecule has 0 radical (unpaired) electrons. The number of carboxylic acids is 2. The van der Waals surface area contributed by atoms with E-state index in [9.17, 15) is 14.4 Å². The number of aromatic nitrogens is 4. The number of tetrazole rings is 1. The number of hydrogen-bond acceptors (Lipinski definition) is 6. The number of amides is 1. The van der Waals surface area contributed by atoms with Crippen molar-refractivity contribution in [1.29, 1.82) is 0 Å². The van der Waals surface area contributed by atoms with Crippen molar-refractivity contribution in [3.05, 3.63) is 5.82 Å². The van der Waals surface area contributed by atoms with Gasteiger partial charge in [0.25, 0.3) is 0 Å². The summed E-state index contributed by atoms with van der Waals surface area (Å²) >= 11 is 0. The molecule has 0 fully saturated rings. The van der Waals surface area contributed by atoms with Crippen LogP contribution in [0.3, 0.4) is 0 Å². The minimum atomic E-state index is -1.14. The zero-order valence-electron chi connectivity index (χ0n) is 9.94. The van der Waals surface area contributed by atoms with Gasteiger partial charge in [-0.1, -0.05) is 0 Å². The van der Waals surface area contributed by atoms with Gasteiger partial charge in [-0.05, 0) is 16.8 Å². The summed E-state index contributed by atoms with van der Waals surface area (Å²) in [4.78, 5) is 32.0. The number of carbonyl (C=O) groups excluding carboxylic acids is 1. The molecule has 1 aromatic rings. The Kier molecular flexibility index (Phi) is 5.38. The maximum atomic E-state index is 11.4. The van der Waals surface area contributed by atoms with Crippen LogP contribution in [-0.4, -0.2) is 54.8 Å². The summed E-state index contributed by atoms with van der Waals surface area (Å²) in [5, 5.41) is 29.7. The molecular weight excluding hydrogens is 258 g/mol. The highest BCUT2D eigenvalue weighted by atomic mass is 16.4. The number of hydrogen-bond donors (Lipinski definition) is 3. The Hall–Kier alpha value is -2.52. The molecule has 0 saturated heterocycles. The Bertz CT molecular complexity index is 471. The second-order valence-electron chi connectivity index (χ2n) is 3.66. The minimum absolute atomic E-state index is 0.0233. The van der Waals surface area contributed by atoms with E-state index >= 15 is 0 Å². The van der Waals surface area contributed by atoms with Gasteiger partial charge in [-0.3, -0.25) is 14.4 Å². The smallest absolute Gasteiger partial charge is 0.322 e. The molecule has 0 aliphatic carbocycles. The summed E-state index contributed by atoms with van der Waals surface area (Å²) in [5.41, 5.74) is 0. The van der Waals surface area contributed by atoms with Crippen molar-refractivity contribution >= 4 is 17.8 Å². The number of nitrogens with one attached hydrogen (secondary N) is 1. The van der Waals surface area contributed by atoms with Gasteiger partial charge in [0, 0.05) is 13.0 Å². The number of rotatable bonds is 8. The van der Waals surface area contributed by atoms with Crippen molar-refractivity contribution in [3.63, 3.8) is 0 Å². The molecule has 0 aliphatic rings. The lowest BCUT2D eigenvalue weighted by atomic mass is 10.3. The summed E-state index contributed by atoms with van der Waals surface area (Å²) in [5.74, 6) is -2.33. The molecule has 1 amide bonds. The fourth-order valence-electron chi connectivity index (χ4n) is 1.28. The highest BCUT2D eigenvalue weighted by molar-refractivity contribution is 5.82. The van der Waals surface area contributed by atoms with Gasteiger partial charge >= 0.3 is 11.9 Å². The Morgan fingerprint density at radius 3 is 2.58 bits per heavy atom. The molecule has 1 rings (SSSR count). The number of carboxylic acid groups (broad SMARTS) is 2. The first-order valence-electron chi connectivity index (χ1n) is 5.44. The SMILES string of the molecule is O=C(O)CCCn1nnnc1CC(=O)NCC(=O)O. The van der Waals surface area contributed by atoms with Gasteiger partial charge in [0.1, 0.15) is 6.54 Å². The van der Waals surface area contributed by atoms with Crippen molar-refractivity contribution in [2.75, 3.05) is 6.54 Å². The fraction of sp³-hybridized carbons (Fsp3) is 0.556. The van der Waals surface area contributed by atoms with Crippen LogP contribution in [0.15, 0.2) is 0 Å². The molecule has 0 aliphatic heterocycles. The van der Waals surface area contributed by atoms with Crippen molar-refractivity contribution in [1.82, 2.24) is 25.5 Å². The van der Waals surface area contributed by atoms with Gasteiger partial charge < -0.3 is 15.5 Å². The van der Waals surface area contributed by atoms with E-state index in [1.54, 1.807) is 0 Å². The molecule has 0 aromatic carbocycles. The third-order valence-corrected chi connectivity index (χ3v) is 2.12. The number of carbonyl (C=O) groups is 3. The van der Waals surface area contributed by atoms with Gasteiger partial charge in [-0.25, -0.2) is 4.68 Å². The van der Waals surface area contributed by atoms with Crippen LogP contribution in [0.5, 0.6) is 0 Å². The van der Waals surface area contributed by atoms with Gasteiger partial charge in [0.05, 0.1) is 6.42 Å². The monoisotopic (exact) mass is 271 g/mol. The average Bonchev–Trinajstić information content (AvgIpc) is 2.74. The van der Waals surface area contributed by atoms with Crippen molar-refractivity contribution in [2.45, 2.75) is 25.8 Å². The van der Waals surface area contributed by atoms with Crippen molar-refractivity contribution < 1.29 is 24.6 Å². The number of aryl methyl sites for hydroxylation is 1. The van der Waals surface area contributed by atoms with E-state index in [1.807, 2.05) is 0 Å². The maximum Gasteiger partial charge on any atom is 0.322 e. The van der Waals surface area contributed by atoms with Crippen LogP contribution in [0.2, 0.25) is 0 Å². The number of nitrogens with zero attached hydrogens (tertiary/aromatic N) is 4. The van der Waals surface area contributed by atoms with E-state index in [2.05, 4.69) is 20.8 Å². The first-order chi connectivity index (χ1) is 8.99. The minimum Gasteiger partial charge on any atom is -0.481 e. The number of aliphatic carboxylic acids is 2. The molecule has 3 N–H and O–H groups in total. The largest absolute Gasteiger partial charge is 0.481 e. The summed E-state index contributed by atoms with van der Waals surface area (Å²) < 4.78 is 1.32. The first-order valence-corrected chi connectivity index (χ1v) is 5.44. The molecule has 1 heterocycles. The van der Waals surface area contributed by atoms with E-state index in [1.165, 1.54) is 4.68 Å². The molecule has 0 unspecified atom stereocenters. The van der Waals surface area contributed by atoms with E-state index in [0.29, 0.717) is 6.42 Å². The van der Waals surface area contributed by atoms with Crippen LogP contribution >= 0.6 is 0 Å². The Balaban J connectivity index is 2.45. The normalized spacial score (nSPS) is 10.1. The van der Waals surface area contributed by atoms with Crippen molar-refractivity contribution in [2.24, 2.45) is 0 Å². The lowest BCUT2D eigenvalue weighted by Gasteiger charge is -2.03. The van der Waals surface area contributed by atoms with E-state index in [0.717, 1.165) is 0 Å². The standard InChI is InChI=1S/C9H13N5O5/c15-7(10-5-9(18)19)4-6-11-12-13-14(6)3-1-2-8(16)17/h1-5H2,(H,10,15)(H,16,17)(H,18,19). The van der Waals surface area contributed by atoms with Crippen LogP contribution in [0, 0.1) is 0 Å². The quantitative estimate of drug-likeness (QED) is 0.505. The van der Waals surface area contributed by atoms with Gasteiger partial charge in [0.2, 0.25) is 5.91 Å². The topological polar surface area (TPSA) is 147 Å². The Morgan fingerprint density at radius 1 is 1.21 bits per heavy atom. The first kappa shape index (κ1) is 14.5. The summed E-state index contributed by atoms with van der Waals surface area (Å²) in [6, 6.07) is 0. The third kappa shape index (κ3) is 5.57. The fourth-order valence-corrected chi connectivity index (χ4v) is 1.28. The highest BCUT2D eigenvalue weighted by Gasteiger charge is 2.12. The van der Waals surface area contributed by atoms with Crippen LogP contribution in [-0.2, 0) is 27.3 Å². The Labute approximate surface area is 107 Å². The summed E-state index contributed by atoms with van der Waals surface area (Å²) in [7, 11) is 0. The predicted molar refractivity (Wildman–Crippen MR) is 59.0 cm³/mol. The van der Waals surface area contributed by atoms with Crippen LogP contribution < -0.4 is 5.32 Å². The highest BCUT2D eigenvalue weighted by Crippen LogP contribution is 1.98. The van der Waals surface area contributed by atoms with Crippen LogP contribution in [0.1, 0.15) is 18.7 Å². The van der Waals surface area contributed by atoms with Gasteiger partial charge in [0.15, 0.2) is 5.82 Å². The maximum absolute atomic E-state index is 11.4. The van der Waals surface area contributed by atoms with E-state index in [-0.39, 0.29) is 25.2 Å². The summed E-state index contributed by atoms with van der Waals surface area (Å²) in [6.45, 7) is -0.194. The molecule has 10 nitrogen and oxygen atoms in total. The van der Waals surface area contributed by atoms with Crippen LogP contribution in [0.25, 0.3) is 0 Å². The zero-order valence-corrected chi connectivity index (χ0v) is 9.94.